The summed E-state index contributed by atoms with van der Waals surface area (Å²) in [5, 5.41) is 9.26. The van der Waals surface area contributed by atoms with Gasteiger partial charge in [0.1, 0.15) is 0 Å². The normalized spacial score (nSPS) is 15.2. The van der Waals surface area contributed by atoms with Crippen LogP contribution in [-0.2, 0) is 11.3 Å². The highest BCUT2D eigenvalue weighted by atomic mass is 16.5. The Kier molecular flexibility index (Phi) is 5.18. The van der Waals surface area contributed by atoms with Gasteiger partial charge in [-0.1, -0.05) is 18.7 Å². The van der Waals surface area contributed by atoms with Crippen molar-refractivity contribution in [2.75, 3.05) is 33.3 Å². The van der Waals surface area contributed by atoms with Crippen molar-refractivity contribution in [3.63, 3.8) is 0 Å². The molecule has 5 nitrogen and oxygen atoms in total. The van der Waals surface area contributed by atoms with Crippen LogP contribution in [0.2, 0.25) is 0 Å². The molecule has 0 saturated carbocycles. The first kappa shape index (κ1) is 16.1. The predicted molar refractivity (Wildman–Crippen MR) is 85.1 cm³/mol. The molecule has 116 valence electrons. The van der Waals surface area contributed by atoms with Crippen LogP contribution in [0.25, 0.3) is 5.57 Å². The van der Waals surface area contributed by atoms with Crippen molar-refractivity contribution in [2.24, 2.45) is 0 Å². The minimum atomic E-state index is -0.270. The van der Waals surface area contributed by atoms with Crippen molar-refractivity contribution >= 4 is 11.7 Å². The number of carbonyl (C=O) groups is 1. The molecular formula is C17H21N3O2. The van der Waals surface area contributed by atoms with Gasteiger partial charge in [0, 0.05) is 32.7 Å². The van der Waals surface area contributed by atoms with Crippen LogP contribution < -0.4 is 0 Å². The lowest BCUT2D eigenvalue weighted by Crippen LogP contribution is -2.48. The second-order valence-electron chi connectivity index (χ2n) is 5.47. The highest BCUT2D eigenvalue weighted by Crippen LogP contribution is 2.23. The molecule has 2 rings (SSSR count). The van der Waals surface area contributed by atoms with Gasteiger partial charge in [-0.15, -0.1) is 0 Å². The van der Waals surface area contributed by atoms with Crippen LogP contribution in [0, 0.1) is 11.3 Å². The Balaban J connectivity index is 2.09. The summed E-state index contributed by atoms with van der Waals surface area (Å²) in [5.74, 6) is 0. The molecule has 0 aromatic heterocycles. The molecule has 0 radical (unpaired) electrons. The number of carbonyl (C=O) groups excluding carboxylic acids is 1. The van der Waals surface area contributed by atoms with E-state index in [0.29, 0.717) is 18.7 Å². The fourth-order valence-corrected chi connectivity index (χ4v) is 2.79. The van der Waals surface area contributed by atoms with Crippen LogP contribution >= 0.6 is 0 Å². The van der Waals surface area contributed by atoms with Crippen LogP contribution in [-0.4, -0.2) is 49.2 Å². The van der Waals surface area contributed by atoms with Crippen molar-refractivity contribution in [3.05, 3.63) is 41.5 Å². The lowest BCUT2D eigenvalue weighted by atomic mass is 9.96. The van der Waals surface area contributed by atoms with E-state index in [0.717, 1.165) is 36.3 Å². The summed E-state index contributed by atoms with van der Waals surface area (Å²) in [6.45, 7) is 9.58. The maximum absolute atomic E-state index is 11.5. The first-order valence-electron chi connectivity index (χ1n) is 7.30. The maximum Gasteiger partial charge on any atom is 0.409 e. The number of hydrogen-bond acceptors (Lipinski definition) is 4. The molecule has 1 fully saturated rings. The van der Waals surface area contributed by atoms with Crippen molar-refractivity contribution in [2.45, 2.75) is 13.5 Å². The first-order valence-corrected chi connectivity index (χ1v) is 7.30. The molecule has 0 aliphatic carbocycles. The van der Waals surface area contributed by atoms with Crippen LogP contribution in [0.4, 0.5) is 4.79 Å². The van der Waals surface area contributed by atoms with Gasteiger partial charge in [0.25, 0.3) is 0 Å². The number of benzene rings is 1. The summed E-state index contributed by atoms with van der Waals surface area (Å²) in [4.78, 5) is 15.5. The Morgan fingerprint density at radius 3 is 2.59 bits per heavy atom. The smallest absolute Gasteiger partial charge is 0.409 e. The van der Waals surface area contributed by atoms with Crippen LogP contribution in [0.15, 0.2) is 24.8 Å². The number of amides is 1. The van der Waals surface area contributed by atoms with Gasteiger partial charge < -0.3 is 9.64 Å². The highest BCUT2D eigenvalue weighted by Gasteiger charge is 2.22. The molecule has 0 atom stereocenters. The van der Waals surface area contributed by atoms with Crippen LogP contribution in [0.1, 0.15) is 23.6 Å². The largest absolute Gasteiger partial charge is 0.453 e. The van der Waals surface area contributed by atoms with Crippen molar-refractivity contribution in [3.8, 4) is 6.07 Å². The van der Waals surface area contributed by atoms with Crippen LogP contribution in [0.5, 0.6) is 0 Å². The SMILES string of the molecule is C=C(C)c1c(C#N)cccc1CN1CCN(C(=O)OC)CC1. The van der Waals surface area contributed by atoms with Gasteiger partial charge in [0.2, 0.25) is 0 Å². The van der Waals surface area contributed by atoms with E-state index in [1.807, 2.05) is 25.1 Å². The number of allylic oxidation sites excluding steroid dienone is 1. The number of nitrogens with zero attached hydrogens (tertiary/aromatic N) is 3. The first-order chi connectivity index (χ1) is 10.6. The van der Waals surface area contributed by atoms with E-state index >= 15 is 0 Å². The molecular weight excluding hydrogens is 278 g/mol. The molecule has 0 spiro atoms. The van der Waals surface area contributed by atoms with E-state index in [-0.39, 0.29) is 6.09 Å². The number of hydrogen-bond donors (Lipinski definition) is 0. The lowest BCUT2D eigenvalue weighted by Gasteiger charge is -2.34. The number of rotatable bonds is 3. The molecule has 0 unspecified atom stereocenters. The minimum Gasteiger partial charge on any atom is -0.453 e. The number of nitriles is 1. The number of ether oxygens (including phenoxy) is 1. The second-order valence-corrected chi connectivity index (χ2v) is 5.47. The summed E-state index contributed by atoms with van der Waals surface area (Å²) < 4.78 is 4.74. The summed E-state index contributed by atoms with van der Waals surface area (Å²) >= 11 is 0. The van der Waals surface area contributed by atoms with Gasteiger partial charge >= 0.3 is 6.09 Å². The molecule has 1 aromatic rings. The topological polar surface area (TPSA) is 56.6 Å². The molecule has 0 N–H and O–H groups in total. The lowest BCUT2D eigenvalue weighted by molar-refractivity contribution is 0.0888. The fourth-order valence-electron chi connectivity index (χ4n) is 2.79. The van der Waals surface area contributed by atoms with Crippen molar-refractivity contribution in [1.82, 2.24) is 9.80 Å². The summed E-state index contributed by atoms with van der Waals surface area (Å²) in [5.41, 5.74) is 3.62. The molecule has 1 aliphatic heterocycles. The quantitative estimate of drug-likeness (QED) is 0.860. The number of piperazine rings is 1. The summed E-state index contributed by atoms with van der Waals surface area (Å²) in [7, 11) is 1.40. The van der Waals surface area contributed by atoms with Gasteiger partial charge in [0.05, 0.1) is 18.7 Å². The van der Waals surface area contributed by atoms with E-state index in [9.17, 15) is 10.1 Å². The zero-order valence-corrected chi connectivity index (χ0v) is 13.1. The Hall–Kier alpha value is -2.32. The zero-order valence-electron chi connectivity index (χ0n) is 13.1. The highest BCUT2D eigenvalue weighted by molar-refractivity contribution is 5.70. The third-order valence-electron chi connectivity index (χ3n) is 3.90. The van der Waals surface area contributed by atoms with E-state index in [1.165, 1.54) is 7.11 Å². The van der Waals surface area contributed by atoms with E-state index in [4.69, 9.17) is 4.74 Å². The average molecular weight is 299 g/mol. The Labute approximate surface area is 131 Å². The Morgan fingerprint density at radius 1 is 1.36 bits per heavy atom. The molecule has 1 aliphatic rings. The average Bonchev–Trinajstić information content (AvgIpc) is 2.54. The standard InChI is InChI=1S/C17H21N3O2/c1-13(2)16-14(11-18)5-4-6-15(16)12-19-7-9-20(10-8-19)17(21)22-3/h4-6H,1,7-10,12H2,2-3H3. The fraction of sp³-hybridized carbons (Fsp3) is 0.412. The van der Waals surface area contributed by atoms with Gasteiger partial charge in [-0.3, -0.25) is 4.90 Å². The van der Waals surface area contributed by atoms with E-state index in [1.54, 1.807) is 4.90 Å². The zero-order chi connectivity index (χ0) is 16.1. The third kappa shape index (κ3) is 3.46. The van der Waals surface area contributed by atoms with Gasteiger partial charge in [-0.2, -0.15) is 5.26 Å². The van der Waals surface area contributed by atoms with Gasteiger partial charge in [0.15, 0.2) is 0 Å². The molecule has 1 aromatic carbocycles. The van der Waals surface area contributed by atoms with Crippen molar-refractivity contribution < 1.29 is 9.53 Å². The summed E-state index contributed by atoms with van der Waals surface area (Å²) in [6.07, 6.45) is -0.270. The molecule has 1 heterocycles. The monoisotopic (exact) mass is 299 g/mol. The molecule has 22 heavy (non-hydrogen) atoms. The summed E-state index contributed by atoms with van der Waals surface area (Å²) in [6, 6.07) is 8.00. The minimum absolute atomic E-state index is 0.270. The van der Waals surface area contributed by atoms with Gasteiger partial charge in [-0.05, 0) is 29.7 Å². The van der Waals surface area contributed by atoms with Crippen molar-refractivity contribution in [1.29, 1.82) is 5.26 Å². The predicted octanol–water partition coefficient (Wildman–Crippen LogP) is 2.48. The Bertz CT molecular complexity index is 611. The van der Waals surface area contributed by atoms with E-state index in [2.05, 4.69) is 17.5 Å². The van der Waals surface area contributed by atoms with Gasteiger partial charge in [-0.25, -0.2) is 4.79 Å². The maximum atomic E-state index is 11.5. The third-order valence-corrected chi connectivity index (χ3v) is 3.90. The molecule has 0 bridgehead atoms. The van der Waals surface area contributed by atoms with E-state index < -0.39 is 0 Å². The Morgan fingerprint density at radius 2 is 2.05 bits per heavy atom. The number of methoxy groups -OCH3 is 1. The molecule has 1 amide bonds. The molecule has 5 heteroatoms. The molecule has 1 saturated heterocycles. The second kappa shape index (κ2) is 7.10. The van der Waals surface area contributed by atoms with Crippen LogP contribution in [0.3, 0.4) is 0 Å².